The van der Waals surface area contributed by atoms with Crippen LogP contribution in [-0.2, 0) is 5.41 Å². The van der Waals surface area contributed by atoms with Crippen molar-refractivity contribution in [2.45, 2.75) is 19.3 Å². The topological polar surface area (TPSA) is 51.4 Å². The Morgan fingerprint density at radius 2 is 1.34 bits per heavy atom. The SMILES string of the molecule is CC1(C)c2cccc3c(=O)c4cccc5c(=O)c6cc(-c7cccnc7)cc1c6n(c23)c45. The van der Waals surface area contributed by atoms with Crippen LogP contribution in [0.2, 0.25) is 0 Å². The van der Waals surface area contributed by atoms with Gasteiger partial charge >= 0.3 is 0 Å². The van der Waals surface area contributed by atoms with E-state index in [1.54, 1.807) is 6.20 Å². The summed E-state index contributed by atoms with van der Waals surface area (Å²) in [7, 11) is 0. The predicted molar refractivity (Wildman–Crippen MR) is 129 cm³/mol. The summed E-state index contributed by atoms with van der Waals surface area (Å²) in [6.45, 7) is 4.35. The normalized spacial score (nSPS) is 14.4. The summed E-state index contributed by atoms with van der Waals surface area (Å²) in [5, 5.41) is 2.54. The Kier molecular flexibility index (Phi) is 3.08. The van der Waals surface area contributed by atoms with Gasteiger partial charge in [-0.2, -0.15) is 0 Å². The minimum absolute atomic E-state index is 0.0163. The Labute approximate surface area is 182 Å². The van der Waals surface area contributed by atoms with Gasteiger partial charge in [-0.1, -0.05) is 38.1 Å². The molecule has 3 aromatic heterocycles. The van der Waals surface area contributed by atoms with Gasteiger partial charge in [0, 0.05) is 44.9 Å². The summed E-state index contributed by atoms with van der Waals surface area (Å²) in [4.78, 5) is 31.5. The van der Waals surface area contributed by atoms with Crippen LogP contribution < -0.4 is 10.9 Å². The van der Waals surface area contributed by atoms with Crippen LogP contribution in [-0.4, -0.2) is 9.38 Å². The summed E-state index contributed by atoms with van der Waals surface area (Å²) in [6, 6.07) is 19.5. The number of hydrogen-bond acceptors (Lipinski definition) is 3. The average Bonchev–Trinajstić information content (AvgIpc) is 2.82. The van der Waals surface area contributed by atoms with Crippen LogP contribution in [0.25, 0.3) is 49.2 Å². The van der Waals surface area contributed by atoms with E-state index in [4.69, 9.17) is 0 Å². The molecule has 0 radical (unpaired) electrons. The molecule has 4 heteroatoms. The fourth-order valence-electron chi connectivity index (χ4n) is 5.62. The first kappa shape index (κ1) is 17.6. The maximum absolute atomic E-state index is 13.8. The molecule has 1 aliphatic heterocycles. The number of rotatable bonds is 1. The van der Waals surface area contributed by atoms with Gasteiger partial charge in [0.15, 0.2) is 10.9 Å². The predicted octanol–water partition coefficient (Wildman–Crippen LogP) is 5.26. The van der Waals surface area contributed by atoms with E-state index in [0.29, 0.717) is 21.5 Å². The second-order valence-electron chi connectivity index (χ2n) is 9.18. The summed E-state index contributed by atoms with van der Waals surface area (Å²) in [5.41, 5.74) is 6.24. The molecule has 0 fully saturated rings. The van der Waals surface area contributed by atoms with Crippen LogP contribution in [0.4, 0.5) is 0 Å². The van der Waals surface area contributed by atoms with Crippen molar-refractivity contribution in [1.29, 1.82) is 0 Å². The standard InChI is InChI=1S/C28H18N2O2/c1-28(2)21-10-4-9-19-24(21)30-23-17(26(19)31)7-3-8-18(23)27(32)20-12-16(13-22(28)25(20)30)15-6-5-11-29-14-15/h3-14H,1-2H3. The molecule has 0 saturated heterocycles. The first-order chi connectivity index (χ1) is 15.5. The number of nitrogens with zero attached hydrogens (tertiary/aromatic N) is 2. The van der Waals surface area contributed by atoms with Gasteiger partial charge in [-0.25, -0.2) is 0 Å². The highest BCUT2D eigenvalue weighted by Gasteiger charge is 2.35. The van der Waals surface area contributed by atoms with Crippen LogP contribution in [0.15, 0.2) is 82.6 Å². The van der Waals surface area contributed by atoms with Gasteiger partial charge in [-0.05, 0) is 53.1 Å². The Morgan fingerprint density at radius 3 is 2.06 bits per heavy atom. The number of aromatic nitrogens is 2. The Morgan fingerprint density at radius 1 is 0.688 bits per heavy atom. The van der Waals surface area contributed by atoms with Gasteiger partial charge in [0.2, 0.25) is 0 Å². The summed E-state index contributed by atoms with van der Waals surface area (Å²) >= 11 is 0. The minimum Gasteiger partial charge on any atom is -0.307 e. The molecule has 0 aliphatic carbocycles. The van der Waals surface area contributed by atoms with Crippen molar-refractivity contribution in [1.82, 2.24) is 9.38 Å². The third kappa shape index (κ3) is 1.91. The number of para-hydroxylation sites is 2. The second kappa shape index (κ2) is 5.60. The van der Waals surface area contributed by atoms with Crippen molar-refractivity contribution >= 4 is 38.1 Å². The smallest absolute Gasteiger partial charge is 0.197 e. The molecule has 6 aromatic rings. The molecular formula is C28H18N2O2. The molecule has 0 amide bonds. The molecule has 0 atom stereocenters. The zero-order chi connectivity index (χ0) is 21.8. The van der Waals surface area contributed by atoms with Gasteiger partial charge in [0.05, 0.1) is 16.6 Å². The Balaban J connectivity index is 1.87. The van der Waals surface area contributed by atoms with Gasteiger partial charge in [0.1, 0.15) is 0 Å². The molecule has 0 unspecified atom stereocenters. The minimum atomic E-state index is -0.380. The molecule has 7 rings (SSSR count). The zero-order valence-electron chi connectivity index (χ0n) is 17.6. The third-order valence-corrected chi connectivity index (χ3v) is 7.17. The number of benzene rings is 3. The quantitative estimate of drug-likeness (QED) is 0.272. The van der Waals surface area contributed by atoms with Gasteiger partial charge in [0.25, 0.3) is 0 Å². The average molecular weight is 414 g/mol. The van der Waals surface area contributed by atoms with E-state index in [1.165, 1.54) is 0 Å². The van der Waals surface area contributed by atoms with E-state index in [2.05, 4.69) is 35.4 Å². The van der Waals surface area contributed by atoms with Gasteiger partial charge < -0.3 is 4.40 Å². The van der Waals surface area contributed by atoms with Crippen LogP contribution in [0.5, 0.6) is 0 Å². The van der Waals surface area contributed by atoms with Crippen molar-refractivity contribution in [3.05, 3.63) is 105 Å². The molecule has 32 heavy (non-hydrogen) atoms. The van der Waals surface area contributed by atoms with Gasteiger partial charge in [-0.3, -0.25) is 14.6 Å². The fourth-order valence-corrected chi connectivity index (χ4v) is 5.62. The van der Waals surface area contributed by atoms with Crippen molar-refractivity contribution < 1.29 is 0 Å². The summed E-state index contributed by atoms with van der Waals surface area (Å²) in [6.07, 6.45) is 3.58. The largest absolute Gasteiger partial charge is 0.307 e. The molecule has 4 nitrogen and oxygen atoms in total. The van der Waals surface area contributed by atoms with E-state index in [1.807, 2.05) is 54.7 Å². The van der Waals surface area contributed by atoms with Crippen LogP contribution in [0.3, 0.4) is 0 Å². The molecule has 0 saturated carbocycles. The molecule has 3 aromatic carbocycles. The fraction of sp³-hybridized carbons (Fsp3) is 0.107. The molecule has 152 valence electrons. The highest BCUT2D eigenvalue weighted by Crippen LogP contribution is 2.45. The Bertz CT molecular complexity index is 1880. The Hall–Kier alpha value is -4.05. The maximum Gasteiger partial charge on any atom is 0.197 e. The van der Waals surface area contributed by atoms with Crippen LogP contribution >= 0.6 is 0 Å². The van der Waals surface area contributed by atoms with E-state index in [0.717, 1.165) is 38.8 Å². The molecule has 4 heterocycles. The lowest BCUT2D eigenvalue weighted by molar-refractivity contribution is 0.642. The van der Waals surface area contributed by atoms with Crippen LogP contribution in [0, 0.1) is 0 Å². The highest BCUT2D eigenvalue weighted by molar-refractivity contribution is 6.10. The highest BCUT2D eigenvalue weighted by atomic mass is 16.1. The number of pyridine rings is 3. The monoisotopic (exact) mass is 414 g/mol. The zero-order valence-corrected chi connectivity index (χ0v) is 17.6. The van der Waals surface area contributed by atoms with Gasteiger partial charge in [-0.15, -0.1) is 0 Å². The first-order valence-corrected chi connectivity index (χ1v) is 10.7. The lowest BCUT2D eigenvalue weighted by Crippen LogP contribution is -2.28. The molecule has 0 spiro atoms. The van der Waals surface area contributed by atoms with E-state index >= 15 is 0 Å². The van der Waals surface area contributed by atoms with Crippen molar-refractivity contribution in [3.63, 3.8) is 0 Å². The molecule has 0 bridgehead atoms. The van der Waals surface area contributed by atoms with E-state index in [-0.39, 0.29) is 16.3 Å². The summed E-state index contributed by atoms with van der Waals surface area (Å²) in [5.74, 6) is 0. The van der Waals surface area contributed by atoms with Crippen molar-refractivity contribution in [2.24, 2.45) is 0 Å². The lowest BCUT2D eigenvalue weighted by Gasteiger charge is -2.35. The molecular weight excluding hydrogens is 396 g/mol. The van der Waals surface area contributed by atoms with E-state index < -0.39 is 0 Å². The third-order valence-electron chi connectivity index (χ3n) is 7.17. The maximum atomic E-state index is 13.8. The molecule has 1 aliphatic rings. The van der Waals surface area contributed by atoms with Crippen molar-refractivity contribution in [3.8, 4) is 11.1 Å². The molecule has 0 N–H and O–H groups in total. The number of hydrogen-bond donors (Lipinski definition) is 0. The summed E-state index contributed by atoms with van der Waals surface area (Å²) < 4.78 is 2.17. The van der Waals surface area contributed by atoms with E-state index in [9.17, 15) is 9.59 Å². The second-order valence-corrected chi connectivity index (χ2v) is 9.18. The van der Waals surface area contributed by atoms with Crippen LogP contribution in [0.1, 0.15) is 25.0 Å². The van der Waals surface area contributed by atoms with Crippen molar-refractivity contribution in [2.75, 3.05) is 0 Å². The first-order valence-electron chi connectivity index (χ1n) is 10.7. The lowest BCUT2D eigenvalue weighted by atomic mass is 9.73.